The third-order valence-electron chi connectivity index (χ3n) is 7.61. The maximum Gasteiger partial charge on any atom is 0.269 e. The number of fused-ring (bicyclic) bond motifs is 2. The number of hydrogen-bond donors (Lipinski definition) is 0. The average molecular weight is 563 g/mol. The van der Waals surface area contributed by atoms with Crippen LogP contribution in [0.4, 0.5) is 11.4 Å². The Morgan fingerprint density at radius 3 is 1.31 bits per heavy atom. The van der Waals surface area contributed by atoms with Crippen molar-refractivity contribution >= 4 is 33.4 Å². The normalized spacial score (nSPS) is 11.3. The van der Waals surface area contributed by atoms with Gasteiger partial charge >= 0.3 is 0 Å². The minimum atomic E-state index is -0.377. The van der Waals surface area contributed by atoms with Crippen molar-refractivity contribution in [3.63, 3.8) is 0 Å². The van der Waals surface area contributed by atoms with E-state index < -0.39 is 0 Å². The Hall–Kier alpha value is -5.38. The van der Waals surface area contributed by atoms with Crippen LogP contribution in [0, 0.1) is 20.2 Å². The highest BCUT2D eigenvalue weighted by atomic mass is 16.6. The molecule has 4 aromatic carbocycles. The highest BCUT2D eigenvalue weighted by Gasteiger charge is 2.18. The van der Waals surface area contributed by atoms with E-state index >= 15 is 0 Å². The number of hydrogen-bond acceptors (Lipinski definition) is 4. The molecule has 10 heteroatoms. The van der Waals surface area contributed by atoms with Crippen LogP contribution in [0.3, 0.4) is 0 Å². The van der Waals surface area contributed by atoms with Crippen molar-refractivity contribution in [3.05, 3.63) is 141 Å². The fraction of sp³-hybridized carbons (Fsp3) is 0.188. The number of para-hydroxylation sites is 4. The van der Waals surface area contributed by atoms with E-state index in [4.69, 9.17) is 0 Å². The average Bonchev–Trinajstić information content (AvgIpc) is 3.53. The molecule has 42 heavy (non-hydrogen) atoms. The summed E-state index contributed by atoms with van der Waals surface area (Å²) in [6.45, 7) is 3.01. The summed E-state index contributed by atoms with van der Waals surface area (Å²) in [6.07, 6.45) is 6.25. The van der Waals surface area contributed by atoms with Crippen LogP contribution in [0.2, 0.25) is 0 Å². The molecule has 2 aromatic heterocycles. The summed E-state index contributed by atoms with van der Waals surface area (Å²) < 4.78 is 8.95. The summed E-state index contributed by atoms with van der Waals surface area (Å²) >= 11 is 0. The van der Waals surface area contributed by atoms with Crippen molar-refractivity contribution in [2.45, 2.75) is 39.0 Å². The Morgan fingerprint density at radius 1 is 0.548 bits per heavy atom. The number of unbranched alkanes of at least 4 members (excludes halogenated alkanes) is 1. The molecule has 210 valence electrons. The zero-order valence-corrected chi connectivity index (χ0v) is 23.0. The van der Waals surface area contributed by atoms with Gasteiger partial charge in [-0.05, 0) is 72.5 Å². The van der Waals surface area contributed by atoms with Crippen LogP contribution in [-0.2, 0) is 26.2 Å². The first kappa shape index (κ1) is 26.8. The lowest BCUT2D eigenvalue weighted by Gasteiger charge is -2.00. The summed E-state index contributed by atoms with van der Waals surface area (Å²) in [7, 11) is 0. The van der Waals surface area contributed by atoms with Crippen molar-refractivity contribution in [2.24, 2.45) is 0 Å². The molecular formula is C32H30N6O4+2. The number of non-ortho nitro benzene ring substituents is 2. The van der Waals surface area contributed by atoms with Gasteiger partial charge in [-0.15, -0.1) is 0 Å². The SMILES string of the molecule is O=[N+]([O-])c1ccc(C[n+]2cn(CCCCn3c[n+](Cc4ccc([N+](=O)[O-])cc4)c4ccccc43)c3ccccc32)cc1. The van der Waals surface area contributed by atoms with E-state index in [2.05, 4.69) is 55.2 Å². The molecule has 0 aliphatic rings. The lowest BCUT2D eigenvalue weighted by molar-refractivity contribution is -0.663. The van der Waals surface area contributed by atoms with Crippen molar-refractivity contribution in [2.75, 3.05) is 0 Å². The molecule has 0 saturated carbocycles. The fourth-order valence-electron chi connectivity index (χ4n) is 5.50. The minimum absolute atomic E-state index is 0.0958. The highest BCUT2D eigenvalue weighted by molar-refractivity contribution is 5.72. The van der Waals surface area contributed by atoms with E-state index in [1.807, 2.05) is 48.5 Å². The van der Waals surface area contributed by atoms with E-state index in [9.17, 15) is 20.2 Å². The number of imidazole rings is 2. The first-order valence-electron chi connectivity index (χ1n) is 13.9. The number of rotatable bonds is 11. The van der Waals surface area contributed by atoms with Crippen molar-refractivity contribution in [3.8, 4) is 0 Å². The molecule has 0 bridgehead atoms. The monoisotopic (exact) mass is 562 g/mol. The molecule has 0 aliphatic carbocycles. The predicted octanol–water partition coefficient (Wildman–Crippen LogP) is 5.56. The number of aromatic nitrogens is 4. The molecule has 0 spiro atoms. The van der Waals surface area contributed by atoms with Gasteiger partial charge in [0.05, 0.1) is 22.9 Å². The van der Waals surface area contributed by atoms with Gasteiger partial charge in [0.25, 0.3) is 11.4 Å². The molecule has 0 saturated heterocycles. The lowest BCUT2D eigenvalue weighted by Crippen LogP contribution is -2.32. The molecule has 10 nitrogen and oxygen atoms in total. The fourth-order valence-corrected chi connectivity index (χ4v) is 5.50. The Kier molecular flexibility index (Phi) is 7.42. The number of nitro groups is 2. The van der Waals surface area contributed by atoms with Gasteiger partial charge < -0.3 is 0 Å². The Labute approximate surface area is 241 Å². The van der Waals surface area contributed by atoms with Crippen LogP contribution in [0.1, 0.15) is 24.0 Å². The van der Waals surface area contributed by atoms with E-state index in [1.165, 1.54) is 0 Å². The Morgan fingerprint density at radius 2 is 0.929 bits per heavy atom. The van der Waals surface area contributed by atoms with E-state index in [-0.39, 0.29) is 21.2 Å². The largest absolute Gasteiger partial charge is 0.269 e. The van der Waals surface area contributed by atoms with Gasteiger partial charge in [0.15, 0.2) is 22.1 Å². The summed E-state index contributed by atoms with van der Waals surface area (Å²) in [6, 6.07) is 30.1. The van der Waals surface area contributed by atoms with Crippen LogP contribution < -0.4 is 9.13 Å². The van der Waals surface area contributed by atoms with Gasteiger partial charge in [0.2, 0.25) is 12.7 Å². The van der Waals surface area contributed by atoms with E-state index in [1.54, 1.807) is 24.3 Å². The van der Waals surface area contributed by atoms with Crippen molar-refractivity contribution < 1.29 is 19.0 Å². The second kappa shape index (κ2) is 11.6. The topological polar surface area (TPSA) is 104 Å². The molecular weight excluding hydrogens is 532 g/mol. The summed E-state index contributed by atoms with van der Waals surface area (Å²) in [5.74, 6) is 0. The molecule has 0 unspecified atom stereocenters. The summed E-state index contributed by atoms with van der Waals surface area (Å²) in [5, 5.41) is 22.0. The molecule has 0 radical (unpaired) electrons. The molecule has 0 N–H and O–H groups in total. The maximum absolute atomic E-state index is 11.0. The third-order valence-corrected chi connectivity index (χ3v) is 7.61. The number of aryl methyl sites for hydroxylation is 2. The van der Waals surface area contributed by atoms with Gasteiger partial charge in [-0.1, -0.05) is 24.3 Å². The van der Waals surface area contributed by atoms with Crippen LogP contribution in [0.5, 0.6) is 0 Å². The van der Waals surface area contributed by atoms with Crippen LogP contribution >= 0.6 is 0 Å². The number of benzene rings is 4. The quantitative estimate of drug-likeness (QED) is 0.0892. The lowest BCUT2D eigenvalue weighted by atomic mass is 10.2. The van der Waals surface area contributed by atoms with Crippen LogP contribution in [0.25, 0.3) is 22.1 Å². The first-order valence-corrected chi connectivity index (χ1v) is 13.9. The predicted molar refractivity (Wildman–Crippen MR) is 158 cm³/mol. The standard InChI is InChI=1S/C32H30N6O4/c39-37(40)27-15-11-25(12-16-27)21-35-23-33(29-7-1-3-9-31(29)35)19-5-6-20-34-24-36(32-10-4-2-8-30(32)34)22-26-13-17-28(18-14-26)38(41)42/h1-4,7-18,23-24H,5-6,19-22H2/q+2. The summed E-state index contributed by atoms with van der Waals surface area (Å²) in [4.78, 5) is 21.3. The minimum Gasteiger partial charge on any atom is -0.258 e. The van der Waals surface area contributed by atoms with Gasteiger partial charge in [-0.25, -0.2) is 18.3 Å². The molecule has 2 heterocycles. The molecule has 6 aromatic rings. The molecule has 0 atom stereocenters. The number of nitrogens with zero attached hydrogens (tertiary/aromatic N) is 6. The van der Waals surface area contributed by atoms with Gasteiger partial charge in [0, 0.05) is 24.3 Å². The van der Waals surface area contributed by atoms with Crippen molar-refractivity contribution in [1.82, 2.24) is 9.13 Å². The highest BCUT2D eigenvalue weighted by Crippen LogP contribution is 2.17. The zero-order valence-electron chi connectivity index (χ0n) is 23.0. The molecule has 0 amide bonds. The number of nitro benzene ring substituents is 2. The van der Waals surface area contributed by atoms with Crippen molar-refractivity contribution in [1.29, 1.82) is 0 Å². The Balaban J connectivity index is 1.14. The molecule has 0 aliphatic heterocycles. The first-order chi connectivity index (χ1) is 20.5. The van der Waals surface area contributed by atoms with E-state index in [0.717, 1.165) is 59.1 Å². The molecule has 6 rings (SSSR count). The second-order valence-corrected chi connectivity index (χ2v) is 10.4. The van der Waals surface area contributed by atoms with Crippen LogP contribution in [-0.4, -0.2) is 19.0 Å². The second-order valence-electron chi connectivity index (χ2n) is 10.4. The van der Waals surface area contributed by atoms with Gasteiger partial charge in [0.1, 0.15) is 13.1 Å². The smallest absolute Gasteiger partial charge is 0.258 e. The third kappa shape index (κ3) is 5.60. The zero-order chi connectivity index (χ0) is 29.1. The van der Waals surface area contributed by atoms with Gasteiger partial charge in [-0.3, -0.25) is 20.2 Å². The summed E-state index contributed by atoms with van der Waals surface area (Å²) in [5.41, 5.74) is 6.78. The van der Waals surface area contributed by atoms with Crippen LogP contribution in [0.15, 0.2) is 110 Å². The van der Waals surface area contributed by atoms with E-state index in [0.29, 0.717) is 13.1 Å². The Bertz CT molecular complexity index is 1750. The van der Waals surface area contributed by atoms with Gasteiger partial charge in [-0.2, -0.15) is 0 Å². The molecule has 0 fully saturated rings. The maximum atomic E-state index is 11.0.